The van der Waals surface area contributed by atoms with Crippen molar-refractivity contribution in [2.24, 2.45) is 11.8 Å². The molecule has 140 valence electrons. The number of nitrogens with zero attached hydrogens (tertiary/aromatic N) is 3. The Balaban J connectivity index is 1.24. The lowest BCUT2D eigenvalue weighted by atomic mass is 9.77. The number of nitrogens with one attached hydrogen (secondary N) is 1. The van der Waals surface area contributed by atoms with Gasteiger partial charge in [-0.15, -0.1) is 11.3 Å². The average molecular weight is 381 g/mol. The monoisotopic (exact) mass is 380 g/mol. The minimum absolute atomic E-state index is 0.0622. The molecule has 1 aromatic carbocycles. The van der Waals surface area contributed by atoms with Crippen molar-refractivity contribution in [3.05, 3.63) is 53.8 Å². The highest BCUT2D eigenvalue weighted by molar-refractivity contribution is 7.19. The first-order valence-corrected chi connectivity index (χ1v) is 10.5. The Bertz CT molecular complexity index is 882. The van der Waals surface area contributed by atoms with Gasteiger partial charge in [0, 0.05) is 41.6 Å². The zero-order valence-corrected chi connectivity index (χ0v) is 16.0. The molecule has 0 bridgehead atoms. The highest BCUT2D eigenvalue weighted by atomic mass is 32.1. The first-order valence-electron chi connectivity index (χ1n) is 9.65. The first kappa shape index (κ1) is 17.1. The fraction of sp³-hybridized carbons (Fsp3) is 0.429. The normalized spacial score (nSPS) is 28.3. The third-order valence-corrected chi connectivity index (χ3v) is 7.07. The van der Waals surface area contributed by atoms with Gasteiger partial charge in [0.1, 0.15) is 5.82 Å². The van der Waals surface area contributed by atoms with Crippen molar-refractivity contribution in [1.82, 2.24) is 14.9 Å². The van der Waals surface area contributed by atoms with Gasteiger partial charge in [0.05, 0.1) is 18.3 Å². The number of aromatic nitrogens is 2. The average Bonchev–Trinajstić information content (AvgIpc) is 3.25. The van der Waals surface area contributed by atoms with Gasteiger partial charge in [0.15, 0.2) is 0 Å². The molecule has 0 amide bonds. The van der Waals surface area contributed by atoms with Crippen LogP contribution < -0.4 is 5.32 Å². The summed E-state index contributed by atoms with van der Waals surface area (Å²) in [7, 11) is 0. The van der Waals surface area contributed by atoms with E-state index in [4.69, 9.17) is 0 Å². The molecule has 0 spiro atoms. The Morgan fingerprint density at radius 2 is 2.00 bits per heavy atom. The Hall–Kier alpha value is -2.02. The van der Waals surface area contributed by atoms with Gasteiger partial charge in [-0.1, -0.05) is 18.2 Å². The molecule has 2 aromatic heterocycles. The lowest BCUT2D eigenvalue weighted by molar-refractivity contribution is 0.0735. The van der Waals surface area contributed by atoms with E-state index in [1.165, 1.54) is 15.0 Å². The summed E-state index contributed by atoms with van der Waals surface area (Å²) >= 11 is 1.90. The molecular weight excluding hydrogens is 356 g/mol. The molecule has 2 fully saturated rings. The molecule has 6 heteroatoms. The molecule has 5 rings (SSSR count). The van der Waals surface area contributed by atoms with E-state index >= 15 is 0 Å². The van der Waals surface area contributed by atoms with Crippen LogP contribution in [0.25, 0.3) is 10.1 Å². The molecule has 27 heavy (non-hydrogen) atoms. The van der Waals surface area contributed by atoms with Crippen LogP contribution in [0.5, 0.6) is 0 Å². The van der Waals surface area contributed by atoms with Gasteiger partial charge in [0.25, 0.3) is 0 Å². The van der Waals surface area contributed by atoms with Gasteiger partial charge < -0.3 is 10.4 Å². The number of benzene rings is 1. The van der Waals surface area contributed by atoms with Crippen molar-refractivity contribution >= 4 is 27.2 Å². The molecule has 1 aliphatic heterocycles. The highest BCUT2D eigenvalue weighted by Crippen LogP contribution is 2.38. The number of thiophene rings is 1. The summed E-state index contributed by atoms with van der Waals surface area (Å²) in [5.41, 5.74) is 0. The second-order valence-electron chi connectivity index (χ2n) is 7.85. The Morgan fingerprint density at radius 3 is 2.81 bits per heavy atom. The van der Waals surface area contributed by atoms with E-state index in [1.54, 1.807) is 18.6 Å². The lowest BCUT2D eigenvalue weighted by Crippen LogP contribution is -2.43. The molecule has 4 atom stereocenters. The highest BCUT2D eigenvalue weighted by Gasteiger charge is 2.41. The predicted molar refractivity (Wildman–Crippen MR) is 109 cm³/mol. The molecule has 2 N–H and O–H groups in total. The largest absolute Gasteiger partial charge is 0.391 e. The standard InChI is InChI=1S/C21H24N4OS/c26-19-9-16-12-25(13-17-7-14-3-1-2-4-20(14)27-17)11-15(16)8-18(19)24-21-10-22-5-6-23-21/h1-7,10,15-16,18-19,26H,8-9,11-13H2,(H,23,24)/t15-,16+,18-,19-/m1/s1. The van der Waals surface area contributed by atoms with Crippen LogP contribution in [-0.4, -0.2) is 45.2 Å². The van der Waals surface area contributed by atoms with Crippen LogP contribution in [-0.2, 0) is 6.54 Å². The maximum atomic E-state index is 10.6. The Kier molecular flexibility index (Phi) is 4.55. The molecule has 1 saturated heterocycles. The quantitative estimate of drug-likeness (QED) is 0.727. The number of hydrogen-bond donors (Lipinski definition) is 2. The maximum Gasteiger partial charge on any atom is 0.144 e. The summed E-state index contributed by atoms with van der Waals surface area (Å²) in [6.45, 7) is 3.23. The van der Waals surface area contributed by atoms with E-state index < -0.39 is 0 Å². The minimum atomic E-state index is -0.322. The maximum absolute atomic E-state index is 10.6. The van der Waals surface area contributed by atoms with E-state index in [2.05, 4.69) is 50.5 Å². The topological polar surface area (TPSA) is 61.3 Å². The molecule has 3 aromatic rings. The zero-order valence-electron chi connectivity index (χ0n) is 15.2. The van der Waals surface area contributed by atoms with E-state index in [0.717, 1.165) is 38.3 Å². The van der Waals surface area contributed by atoms with Gasteiger partial charge in [-0.3, -0.25) is 9.88 Å². The second-order valence-corrected chi connectivity index (χ2v) is 9.01. The summed E-state index contributed by atoms with van der Waals surface area (Å²) in [6.07, 6.45) is 6.61. The van der Waals surface area contributed by atoms with E-state index in [0.29, 0.717) is 11.8 Å². The van der Waals surface area contributed by atoms with Crippen molar-refractivity contribution in [2.45, 2.75) is 31.5 Å². The van der Waals surface area contributed by atoms with E-state index in [9.17, 15) is 5.11 Å². The number of fused-ring (bicyclic) bond motifs is 2. The van der Waals surface area contributed by atoms with Crippen LogP contribution in [0, 0.1) is 11.8 Å². The summed E-state index contributed by atoms with van der Waals surface area (Å²) < 4.78 is 1.37. The number of rotatable bonds is 4. The van der Waals surface area contributed by atoms with E-state index in [-0.39, 0.29) is 12.1 Å². The van der Waals surface area contributed by atoms with Gasteiger partial charge in [-0.2, -0.15) is 0 Å². The van der Waals surface area contributed by atoms with Crippen LogP contribution in [0.4, 0.5) is 5.82 Å². The molecule has 1 aliphatic carbocycles. The molecule has 3 heterocycles. The van der Waals surface area contributed by atoms with Gasteiger partial charge in [-0.05, 0) is 42.2 Å². The number of aliphatic hydroxyl groups excluding tert-OH is 1. The molecule has 1 saturated carbocycles. The van der Waals surface area contributed by atoms with Gasteiger partial charge in [0.2, 0.25) is 0 Å². The number of likely N-dealkylation sites (tertiary alicyclic amines) is 1. The van der Waals surface area contributed by atoms with Crippen LogP contribution in [0.2, 0.25) is 0 Å². The third kappa shape index (κ3) is 3.57. The molecule has 0 radical (unpaired) electrons. The molecule has 5 nitrogen and oxygen atoms in total. The molecule has 0 unspecified atom stereocenters. The predicted octanol–water partition coefficient (Wildman–Crippen LogP) is 3.37. The fourth-order valence-electron chi connectivity index (χ4n) is 4.71. The smallest absolute Gasteiger partial charge is 0.144 e. The fourth-order valence-corrected chi connectivity index (χ4v) is 5.82. The minimum Gasteiger partial charge on any atom is -0.391 e. The second kappa shape index (κ2) is 7.19. The lowest BCUT2D eigenvalue weighted by Gasteiger charge is -2.35. The summed E-state index contributed by atoms with van der Waals surface area (Å²) in [4.78, 5) is 12.4. The van der Waals surface area contributed by atoms with Gasteiger partial charge >= 0.3 is 0 Å². The number of hydrogen-bond acceptors (Lipinski definition) is 6. The van der Waals surface area contributed by atoms with E-state index in [1.807, 2.05) is 11.3 Å². The third-order valence-electron chi connectivity index (χ3n) is 5.97. The van der Waals surface area contributed by atoms with Crippen molar-refractivity contribution in [3.63, 3.8) is 0 Å². The number of aliphatic hydroxyl groups is 1. The molecule has 2 aliphatic rings. The van der Waals surface area contributed by atoms with Crippen molar-refractivity contribution < 1.29 is 5.11 Å². The van der Waals surface area contributed by atoms with Crippen molar-refractivity contribution in [3.8, 4) is 0 Å². The summed E-state index contributed by atoms with van der Waals surface area (Å²) in [5.74, 6) is 1.98. The Labute approximate surface area is 163 Å². The Morgan fingerprint density at radius 1 is 1.15 bits per heavy atom. The van der Waals surface area contributed by atoms with Crippen LogP contribution in [0.1, 0.15) is 17.7 Å². The number of anilines is 1. The summed E-state index contributed by atoms with van der Waals surface area (Å²) in [6, 6.07) is 11.0. The summed E-state index contributed by atoms with van der Waals surface area (Å²) in [5, 5.41) is 15.4. The van der Waals surface area contributed by atoms with Crippen molar-refractivity contribution in [2.75, 3.05) is 18.4 Å². The zero-order chi connectivity index (χ0) is 18.2. The SMILES string of the molecule is O[C@@H]1C[C@H]2CN(Cc3cc4ccccc4s3)C[C@H]2C[C@H]1Nc1cnccn1. The van der Waals surface area contributed by atoms with Crippen molar-refractivity contribution in [1.29, 1.82) is 0 Å². The molecular formula is C21H24N4OS. The van der Waals surface area contributed by atoms with Crippen LogP contribution in [0.15, 0.2) is 48.9 Å². The first-order chi connectivity index (χ1) is 13.2. The van der Waals surface area contributed by atoms with Gasteiger partial charge in [-0.25, -0.2) is 4.98 Å². The van der Waals surface area contributed by atoms with Crippen LogP contribution >= 0.6 is 11.3 Å². The van der Waals surface area contributed by atoms with Crippen LogP contribution in [0.3, 0.4) is 0 Å².